The lowest BCUT2D eigenvalue weighted by atomic mass is 9.84. The van der Waals surface area contributed by atoms with Crippen molar-refractivity contribution in [2.24, 2.45) is 5.92 Å². The van der Waals surface area contributed by atoms with Gasteiger partial charge in [0.2, 0.25) is 5.89 Å². The molecule has 0 spiro atoms. The van der Waals surface area contributed by atoms with Crippen LogP contribution in [-0.4, -0.2) is 27.1 Å². The number of hydrogen-bond donors (Lipinski definition) is 1. The van der Waals surface area contributed by atoms with Crippen molar-refractivity contribution in [2.45, 2.75) is 45.1 Å². The van der Waals surface area contributed by atoms with Crippen LogP contribution >= 0.6 is 0 Å². The summed E-state index contributed by atoms with van der Waals surface area (Å²) >= 11 is 0. The van der Waals surface area contributed by atoms with E-state index in [2.05, 4.69) is 20.4 Å². The minimum atomic E-state index is -0.309. The number of carbonyl (C=O) groups is 1. The summed E-state index contributed by atoms with van der Waals surface area (Å²) in [5.74, 6) is 1.43. The lowest BCUT2D eigenvalue weighted by Crippen LogP contribution is -2.38. The average molecular weight is 394 g/mol. The van der Waals surface area contributed by atoms with Crippen molar-refractivity contribution < 1.29 is 13.7 Å². The van der Waals surface area contributed by atoms with Crippen LogP contribution < -0.4 is 5.32 Å². The third-order valence-electron chi connectivity index (χ3n) is 5.36. The predicted molar refractivity (Wildman–Crippen MR) is 106 cm³/mol. The van der Waals surface area contributed by atoms with Gasteiger partial charge in [-0.15, -0.1) is 0 Å². The van der Waals surface area contributed by atoms with Gasteiger partial charge < -0.3 is 9.84 Å². The van der Waals surface area contributed by atoms with Gasteiger partial charge in [0.05, 0.1) is 11.3 Å². The minimum absolute atomic E-state index is 0.126. The molecule has 0 unspecified atom stereocenters. The zero-order valence-corrected chi connectivity index (χ0v) is 16.3. The maximum absolute atomic E-state index is 13.4. The highest BCUT2D eigenvalue weighted by Gasteiger charge is 2.24. The summed E-state index contributed by atoms with van der Waals surface area (Å²) in [7, 11) is 0. The topological polar surface area (TPSA) is 80.9 Å². The number of nitrogens with one attached hydrogen (secondary N) is 1. The first kappa shape index (κ1) is 19.2. The summed E-state index contributed by atoms with van der Waals surface area (Å²) in [6, 6.07) is 9.88. The third kappa shape index (κ3) is 4.85. The van der Waals surface area contributed by atoms with E-state index in [0.29, 0.717) is 34.5 Å². The number of pyridine rings is 1. The summed E-state index contributed by atoms with van der Waals surface area (Å²) in [5.41, 5.74) is 1.83. The monoisotopic (exact) mass is 394 g/mol. The van der Waals surface area contributed by atoms with Crippen LogP contribution in [0.5, 0.6) is 0 Å². The van der Waals surface area contributed by atoms with E-state index >= 15 is 0 Å². The van der Waals surface area contributed by atoms with Crippen LogP contribution in [0.2, 0.25) is 0 Å². The van der Waals surface area contributed by atoms with Gasteiger partial charge in [0, 0.05) is 24.2 Å². The number of aryl methyl sites for hydroxylation is 1. The number of benzene rings is 1. The Labute approximate surface area is 168 Å². The van der Waals surface area contributed by atoms with Gasteiger partial charge in [-0.25, -0.2) is 4.39 Å². The van der Waals surface area contributed by atoms with Gasteiger partial charge in [0.1, 0.15) is 5.82 Å². The van der Waals surface area contributed by atoms with Gasteiger partial charge in [-0.1, -0.05) is 17.3 Å². The zero-order valence-electron chi connectivity index (χ0n) is 16.3. The molecule has 29 heavy (non-hydrogen) atoms. The number of hydrogen-bond acceptors (Lipinski definition) is 5. The molecule has 1 aliphatic carbocycles. The van der Waals surface area contributed by atoms with E-state index in [1.165, 1.54) is 12.1 Å². The van der Waals surface area contributed by atoms with E-state index < -0.39 is 0 Å². The van der Waals surface area contributed by atoms with Gasteiger partial charge in [-0.05, 0) is 62.8 Å². The lowest BCUT2D eigenvalue weighted by molar-refractivity contribution is 0.0920. The molecule has 1 fully saturated rings. The first-order valence-corrected chi connectivity index (χ1v) is 9.89. The second-order valence-electron chi connectivity index (χ2n) is 7.57. The minimum Gasteiger partial charge on any atom is -0.349 e. The fourth-order valence-electron chi connectivity index (χ4n) is 3.80. The number of rotatable bonds is 5. The van der Waals surface area contributed by atoms with Crippen molar-refractivity contribution in [3.63, 3.8) is 0 Å². The van der Waals surface area contributed by atoms with Crippen LogP contribution in [0.1, 0.15) is 47.8 Å². The summed E-state index contributed by atoms with van der Waals surface area (Å²) in [6.07, 6.45) is 6.23. The van der Waals surface area contributed by atoms with Gasteiger partial charge in [0.25, 0.3) is 5.91 Å². The lowest BCUT2D eigenvalue weighted by Gasteiger charge is -2.28. The van der Waals surface area contributed by atoms with Gasteiger partial charge in [0.15, 0.2) is 5.82 Å². The van der Waals surface area contributed by atoms with E-state index in [-0.39, 0.29) is 17.8 Å². The Kier molecular flexibility index (Phi) is 5.64. The van der Waals surface area contributed by atoms with Crippen LogP contribution in [-0.2, 0) is 6.42 Å². The molecule has 4 rings (SSSR count). The van der Waals surface area contributed by atoms with E-state index in [9.17, 15) is 9.18 Å². The molecule has 6 nitrogen and oxygen atoms in total. The Bertz CT molecular complexity index is 978. The average Bonchev–Trinajstić information content (AvgIpc) is 3.14. The molecule has 1 saturated carbocycles. The molecule has 1 amide bonds. The first-order chi connectivity index (χ1) is 14.1. The van der Waals surface area contributed by atoms with Crippen LogP contribution in [0.4, 0.5) is 4.39 Å². The number of carbonyl (C=O) groups excluding carboxylic acids is 1. The molecule has 2 heterocycles. The molecule has 1 aromatic carbocycles. The summed E-state index contributed by atoms with van der Waals surface area (Å²) in [4.78, 5) is 21.1. The standard InChI is InChI=1S/C22H23FN4O2/c1-14-25-21(29-27-14)11-15-5-8-19(9-6-15)26-22(28)17-7-10-20(24-13-17)16-3-2-4-18(23)12-16/h2-4,7,10,12-13,15,19H,5-6,8-9,11H2,1H3,(H,26,28)/t15-,19-. The van der Waals surface area contributed by atoms with E-state index in [1.807, 2.05) is 6.92 Å². The van der Waals surface area contributed by atoms with Crippen molar-refractivity contribution in [1.29, 1.82) is 0 Å². The molecule has 0 atom stereocenters. The van der Waals surface area contributed by atoms with Crippen molar-refractivity contribution in [2.75, 3.05) is 0 Å². The molecule has 3 aromatic rings. The SMILES string of the molecule is Cc1noc(C[C@H]2CC[C@H](NC(=O)c3ccc(-c4cccc(F)c4)nc3)CC2)n1. The Morgan fingerprint density at radius 1 is 1.21 bits per heavy atom. The van der Waals surface area contributed by atoms with E-state index in [4.69, 9.17) is 4.52 Å². The number of halogens is 1. The molecule has 0 saturated heterocycles. The second-order valence-corrected chi connectivity index (χ2v) is 7.57. The van der Waals surface area contributed by atoms with Crippen molar-refractivity contribution in [1.82, 2.24) is 20.4 Å². The Balaban J connectivity index is 1.29. The Hall–Kier alpha value is -3.09. The molecular weight excluding hydrogens is 371 g/mol. The molecule has 1 N–H and O–H groups in total. The predicted octanol–water partition coefficient (Wildman–Crippen LogP) is 4.11. The highest BCUT2D eigenvalue weighted by atomic mass is 19.1. The maximum atomic E-state index is 13.4. The van der Waals surface area contributed by atoms with Gasteiger partial charge in [-0.3, -0.25) is 9.78 Å². The Morgan fingerprint density at radius 3 is 2.69 bits per heavy atom. The Morgan fingerprint density at radius 2 is 2.03 bits per heavy atom. The highest BCUT2D eigenvalue weighted by molar-refractivity contribution is 5.94. The molecule has 0 radical (unpaired) electrons. The van der Waals surface area contributed by atoms with Crippen LogP contribution in [0.3, 0.4) is 0 Å². The van der Waals surface area contributed by atoms with E-state index in [1.54, 1.807) is 30.5 Å². The molecular formula is C22H23FN4O2. The smallest absolute Gasteiger partial charge is 0.253 e. The fourth-order valence-corrected chi connectivity index (χ4v) is 3.80. The summed E-state index contributed by atoms with van der Waals surface area (Å²) in [5, 5.41) is 6.93. The summed E-state index contributed by atoms with van der Waals surface area (Å²) in [6.45, 7) is 1.82. The molecule has 150 valence electrons. The molecule has 0 aliphatic heterocycles. The summed E-state index contributed by atoms with van der Waals surface area (Å²) < 4.78 is 18.6. The van der Waals surface area contributed by atoms with Crippen molar-refractivity contribution >= 4 is 5.91 Å². The van der Waals surface area contributed by atoms with Gasteiger partial charge >= 0.3 is 0 Å². The van der Waals surface area contributed by atoms with Crippen molar-refractivity contribution in [3.05, 3.63) is 65.7 Å². The number of nitrogens with zero attached hydrogens (tertiary/aromatic N) is 3. The first-order valence-electron chi connectivity index (χ1n) is 9.89. The van der Waals surface area contributed by atoms with E-state index in [0.717, 1.165) is 32.1 Å². The highest BCUT2D eigenvalue weighted by Crippen LogP contribution is 2.27. The quantitative estimate of drug-likeness (QED) is 0.704. The normalized spacial score (nSPS) is 19.1. The third-order valence-corrected chi connectivity index (χ3v) is 5.36. The van der Waals surface area contributed by atoms with Crippen molar-refractivity contribution in [3.8, 4) is 11.3 Å². The number of amides is 1. The largest absolute Gasteiger partial charge is 0.349 e. The number of aromatic nitrogens is 3. The van der Waals surface area contributed by atoms with Crippen LogP contribution in [0.15, 0.2) is 47.1 Å². The molecule has 1 aliphatic rings. The molecule has 7 heteroatoms. The van der Waals surface area contributed by atoms with Crippen LogP contribution in [0, 0.1) is 18.7 Å². The molecule has 2 aromatic heterocycles. The maximum Gasteiger partial charge on any atom is 0.253 e. The fraction of sp³-hybridized carbons (Fsp3) is 0.364. The van der Waals surface area contributed by atoms with Gasteiger partial charge in [-0.2, -0.15) is 4.98 Å². The van der Waals surface area contributed by atoms with Crippen LogP contribution in [0.25, 0.3) is 11.3 Å². The molecule has 0 bridgehead atoms. The second kappa shape index (κ2) is 8.51. The zero-order chi connectivity index (χ0) is 20.2.